The number of aryl methyl sites for hydroxylation is 2. The molecule has 0 fully saturated rings. The van der Waals surface area contributed by atoms with Gasteiger partial charge in [0.1, 0.15) is 13.2 Å². The SMILES string of the molecule is Cc1ccc(C(NC(=O)c2ccc3c(c2)OCCO3)C(=O)O)cc1C. The minimum atomic E-state index is -1.12. The van der Waals surface area contributed by atoms with E-state index in [1.54, 1.807) is 30.3 Å². The molecule has 1 amide bonds. The van der Waals surface area contributed by atoms with Gasteiger partial charge in [0, 0.05) is 5.56 Å². The topological polar surface area (TPSA) is 84.9 Å². The lowest BCUT2D eigenvalue weighted by Crippen LogP contribution is -2.34. The summed E-state index contributed by atoms with van der Waals surface area (Å²) in [6.45, 7) is 4.73. The normalized spacial score (nSPS) is 13.8. The molecule has 2 aromatic carbocycles. The number of hydrogen-bond acceptors (Lipinski definition) is 4. The third-order valence-corrected chi connectivity index (χ3v) is 4.19. The second kappa shape index (κ2) is 6.84. The summed E-state index contributed by atoms with van der Waals surface area (Å²) < 4.78 is 10.9. The van der Waals surface area contributed by atoms with Crippen LogP contribution in [-0.2, 0) is 4.79 Å². The van der Waals surface area contributed by atoms with Crippen molar-refractivity contribution >= 4 is 11.9 Å². The van der Waals surface area contributed by atoms with Crippen molar-refractivity contribution in [2.45, 2.75) is 19.9 Å². The number of carbonyl (C=O) groups is 2. The number of amides is 1. The van der Waals surface area contributed by atoms with Crippen molar-refractivity contribution < 1.29 is 24.2 Å². The zero-order valence-electron chi connectivity index (χ0n) is 14.0. The minimum Gasteiger partial charge on any atom is -0.486 e. The number of carboxylic acids is 1. The summed E-state index contributed by atoms with van der Waals surface area (Å²) in [6, 6.07) is 9.00. The van der Waals surface area contributed by atoms with Crippen LogP contribution in [0.4, 0.5) is 0 Å². The lowest BCUT2D eigenvalue weighted by molar-refractivity contribution is -0.139. The van der Waals surface area contributed by atoms with E-state index in [1.807, 2.05) is 19.9 Å². The predicted octanol–water partition coefficient (Wildman–Crippen LogP) is 2.63. The van der Waals surface area contributed by atoms with Gasteiger partial charge in [0.15, 0.2) is 17.5 Å². The van der Waals surface area contributed by atoms with Crippen molar-refractivity contribution in [3.8, 4) is 11.5 Å². The standard InChI is InChI=1S/C19H19NO5/c1-11-3-4-13(9-12(11)2)17(19(22)23)20-18(21)14-5-6-15-16(10-14)25-8-7-24-15/h3-6,9-10,17H,7-8H2,1-2H3,(H,20,21)(H,22,23). The monoisotopic (exact) mass is 341 g/mol. The van der Waals surface area contributed by atoms with Crippen molar-refractivity contribution in [2.24, 2.45) is 0 Å². The van der Waals surface area contributed by atoms with Gasteiger partial charge >= 0.3 is 5.97 Å². The maximum atomic E-state index is 12.5. The molecule has 0 saturated heterocycles. The quantitative estimate of drug-likeness (QED) is 0.893. The second-order valence-electron chi connectivity index (χ2n) is 5.95. The molecule has 1 heterocycles. The van der Waals surface area contributed by atoms with Gasteiger partial charge in [-0.25, -0.2) is 4.79 Å². The highest BCUT2D eigenvalue weighted by Crippen LogP contribution is 2.31. The summed E-state index contributed by atoms with van der Waals surface area (Å²) in [7, 11) is 0. The third kappa shape index (κ3) is 3.57. The van der Waals surface area contributed by atoms with Gasteiger partial charge in [-0.1, -0.05) is 18.2 Å². The number of benzene rings is 2. The lowest BCUT2D eigenvalue weighted by Gasteiger charge is -2.20. The van der Waals surface area contributed by atoms with E-state index in [0.717, 1.165) is 11.1 Å². The van der Waals surface area contributed by atoms with Crippen LogP contribution in [0.2, 0.25) is 0 Å². The van der Waals surface area contributed by atoms with Gasteiger partial charge in [0.2, 0.25) is 0 Å². The molecule has 2 aromatic rings. The minimum absolute atomic E-state index is 0.319. The van der Waals surface area contributed by atoms with Gasteiger partial charge < -0.3 is 19.9 Å². The van der Waals surface area contributed by atoms with Crippen LogP contribution in [0.15, 0.2) is 36.4 Å². The van der Waals surface area contributed by atoms with Gasteiger partial charge in [-0.15, -0.1) is 0 Å². The smallest absolute Gasteiger partial charge is 0.330 e. The van der Waals surface area contributed by atoms with Crippen LogP contribution in [0.1, 0.15) is 33.1 Å². The van der Waals surface area contributed by atoms with Gasteiger partial charge in [-0.3, -0.25) is 4.79 Å². The number of carboxylic acid groups (broad SMARTS) is 1. The van der Waals surface area contributed by atoms with Crippen LogP contribution in [0.25, 0.3) is 0 Å². The summed E-state index contributed by atoms with van der Waals surface area (Å²) in [4.78, 5) is 24.1. The van der Waals surface area contributed by atoms with E-state index in [4.69, 9.17) is 9.47 Å². The summed E-state index contributed by atoms with van der Waals surface area (Å²) in [5.41, 5.74) is 2.88. The lowest BCUT2D eigenvalue weighted by atomic mass is 10.0. The van der Waals surface area contributed by atoms with Crippen LogP contribution < -0.4 is 14.8 Å². The molecule has 1 aliphatic rings. The Hall–Kier alpha value is -3.02. The van der Waals surface area contributed by atoms with Crippen molar-refractivity contribution in [1.29, 1.82) is 0 Å². The van der Waals surface area contributed by atoms with Crippen LogP contribution in [-0.4, -0.2) is 30.2 Å². The molecular formula is C19H19NO5. The highest BCUT2D eigenvalue weighted by atomic mass is 16.6. The first kappa shape index (κ1) is 16.8. The first-order chi connectivity index (χ1) is 12.0. The molecule has 2 N–H and O–H groups in total. The van der Waals surface area contributed by atoms with Crippen LogP contribution in [0.5, 0.6) is 11.5 Å². The average molecular weight is 341 g/mol. The van der Waals surface area contributed by atoms with E-state index < -0.39 is 17.9 Å². The summed E-state index contributed by atoms with van der Waals surface area (Å²) in [5, 5.41) is 12.1. The number of hydrogen-bond donors (Lipinski definition) is 2. The molecule has 0 aromatic heterocycles. The highest BCUT2D eigenvalue weighted by molar-refractivity contribution is 5.97. The van der Waals surface area contributed by atoms with Gasteiger partial charge in [-0.2, -0.15) is 0 Å². The summed E-state index contributed by atoms with van der Waals surface area (Å²) in [6.07, 6.45) is 0. The molecule has 6 nitrogen and oxygen atoms in total. The second-order valence-corrected chi connectivity index (χ2v) is 5.95. The fourth-order valence-corrected chi connectivity index (χ4v) is 2.63. The Balaban J connectivity index is 1.83. The average Bonchev–Trinajstić information content (AvgIpc) is 2.61. The molecule has 0 radical (unpaired) electrons. The summed E-state index contributed by atoms with van der Waals surface area (Å²) >= 11 is 0. The van der Waals surface area contributed by atoms with E-state index in [2.05, 4.69) is 5.32 Å². The zero-order chi connectivity index (χ0) is 18.0. The summed E-state index contributed by atoms with van der Waals surface area (Å²) in [5.74, 6) is -0.541. The number of nitrogens with one attached hydrogen (secondary N) is 1. The zero-order valence-corrected chi connectivity index (χ0v) is 14.0. The third-order valence-electron chi connectivity index (χ3n) is 4.19. The van der Waals surface area contributed by atoms with Gasteiger partial charge in [0.05, 0.1) is 0 Å². The largest absolute Gasteiger partial charge is 0.486 e. The predicted molar refractivity (Wildman–Crippen MR) is 91.2 cm³/mol. The van der Waals surface area contributed by atoms with Crippen LogP contribution in [0, 0.1) is 13.8 Å². The van der Waals surface area contributed by atoms with Gasteiger partial charge in [-0.05, 0) is 48.7 Å². The van der Waals surface area contributed by atoms with E-state index in [-0.39, 0.29) is 0 Å². The Labute approximate surface area is 145 Å². The molecule has 25 heavy (non-hydrogen) atoms. The van der Waals surface area contributed by atoms with Crippen molar-refractivity contribution in [3.05, 3.63) is 58.7 Å². The van der Waals surface area contributed by atoms with E-state index in [0.29, 0.717) is 35.8 Å². The first-order valence-corrected chi connectivity index (χ1v) is 7.96. The molecule has 3 rings (SSSR count). The Morgan fingerprint density at radius 2 is 1.72 bits per heavy atom. The number of ether oxygens (including phenoxy) is 2. The molecule has 0 aliphatic carbocycles. The fourth-order valence-electron chi connectivity index (χ4n) is 2.63. The molecular weight excluding hydrogens is 322 g/mol. The number of rotatable bonds is 4. The van der Waals surface area contributed by atoms with Crippen LogP contribution >= 0.6 is 0 Å². The van der Waals surface area contributed by atoms with Crippen molar-refractivity contribution in [3.63, 3.8) is 0 Å². The van der Waals surface area contributed by atoms with Crippen molar-refractivity contribution in [2.75, 3.05) is 13.2 Å². The van der Waals surface area contributed by atoms with Crippen molar-refractivity contribution in [1.82, 2.24) is 5.32 Å². The number of fused-ring (bicyclic) bond motifs is 1. The molecule has 0 saturated carbocycles. The number of aliphatic carboxylic acids is 1. The Morgan fingerprint density at radius 3 is 2.40 bits per heavy atom. The molecule has 1 aliphatic heterocycles. The fraction of sp³-hybridized carbons (Fsp3) is 0.263. The molecule has 1 atom stereocenters. The number of carbonyl (C=O) groups excluding carboxylic acids is 1. The van der Waals surface area contributed by atoms with Crippen LogP contribution in [0.3, 0.4) is 0 Å². The highest BCUT2D eigenvalue weighted by Gasteiger charge is 2.24. The Morgan fingerprint density at radius 1 is 1.00 bits per heavy atom. The molecule has 0 bridgehead atoms. The molecule has 6 heteroatoms. The maximum absolute atomic E-state index is 12.5. The van der Waals surface area contributed by atoms with E-state index in [1.165, 1.54) is 0 Å². The van der Waals surface area contributed by atoms with E-state index >= 15 is 0 Å². The molecule has 1 unspecified atom stereocenters. The molecule has 0 spiro atoms. The van der Waals surface area contributed by atoms with Gasteiger partial charge in [0.25, 0.3) is 5.91 Å². The first-order valence-electron chi connectivity index (χ1n) is 7.96. The Bertz CT molecular complexity index is 831. The molecule has 130 valence electrons. The Kier molecular flexibility index (Phi) is 4.61. The maximum Gasteiger partial charge on any atom is 0.330 e. The van der Waals surface area contributed by atoms with E-state index in [9.17, 15) is 14.7 Å².